The highest BCUT2D eigenvalue weighted by Gasteiger charge is 2.21. The summed E-state index contributed by atoms with van der Waals surface area (Å²) in [5.41, 5.74) is 5.30. The number of amides is 1. The first kappa shape index (κ1) is 28.7. The lowest BCUT2D eigenvalue weighted by atomic mass is 10.0. The van der Waals surface area contributed by atoms with Gasteiger partial charge in [-0.2, -0.15) is 5.10 Å². The first-order valence-corrected chi connectivity index (χ1v) is 13.5. The Hall–Kier alpha value is -4.27. The van der Waals surface area contributed by atoms with Crippen molar-refractivity contribution in [3.05, 3.63) is 82.9 Å². The van der Waals surface area contributed by atoms with Crippen LogP contribution >= 0.6 is 0 Å². The summed E-state index contributed by atoms with van der Waals surface area (Å²) in [7, 11) is 0. The number of aromatic nitrogens is 3. The van der Waals surface area contributed by atoms with Crippen molar-refractivity contribution in [1.82, 2.24) is 19.9 Å². The van der Waals surface area contributed by atoms with Crippen molar-refractivity contribution in [2.45, 2.75) is 66.0 Å². The van der Waals surface area contributed by atoms with E-state index in [9.17, 15) is 14.0 Å². The Bertz CT molecular complexity index is 1500. The number of benzene rings is 2. The molecule has 0 aliphatic carbocycles. The number of esters is 1. The minimum atomic E-state index is -0.539. The van der Waals surface area contributed by atoms with Gasteiger partial charge in [0, 0.05) is 29.4 Å². The molecule has 2 aromatic carbocycles. The molecule has 1 N–H and O–H groups in total. The fraction of sp³-hybridized carbons (Fsp3) is 0.355. The Morgan fingerprint density at radius 2 is 1.82 bits per heavy atom. The maximum Gasteiger partial charge on any atom is 0.308 e. The van der Waals surface area contributed by atoms with Gasteiger partial charge in [0.2, 0.25) is 5.91 Å². The molecule has 9 heteroatoms. The summed E-state index contributed by atoms with van der Waals surface area (Å²) in [5, 5.41) is 7.64. The third kappa shape index (κ3) is 7.02. The molecule has 2 heterocycles. The Morgan fingerprint density at radius 3 is 2.50 bits per heavy atom. The van der Waals surface area contributed by atoms with Gasteiger partial charge in [0.25, 0.3) is 0 Å². The van der Waals surface area contributed by atoms with Crippen LogP contribution in [0.3, 0.4) is 0 Å². The molecule has 0 fully saturated rings. The first-order valence-electron chi connectivity index (χ1n) is 13.5. The van der Waals surface area contributed by atoms with Crippen LogP contribution in [-0.4, -0.2) is 39.2 Å². The highest BCUT2D eigenvalue weighted by molar-refractivity contribution is 5.78. The van der Waals surface area contributed by atoms with E-state index < -0.39 is 6.04 Å². The van der Waals surface area contributed by atoms with Gasteiger partial charge in [-0.15, -0.1) is 0 Å². The van der Waals surface area contributed by atoms with Crippen molar-refractivity contribution in [3.63, 3.8) is 0 Å². The lowest BCUT2D eigenvalue weighted by Crippen LogP contribution is -2.31. The Morgan fingerprint density at radius 1 is 1.07 bits per heavy atom. The average Bonchev–Trinajstić information content (AvgIpc) is 3.33. The van der Waals surface area contributed by atoms with Crippen LogP contribution in [0.25, 0.3) is 16.9 Å². The van der Waals surface area contributed by atoms with Crippen LogP contribution in [0.5, 0.6) is 5.75 Å². The van der Waals surface area contributed by atoms with E-state index in [4.69, 9.17) is 9.47 Å². The van der Waals surface area contributed by atoms with Gasteiger partial charge in [-0.1, -0.05) is 24.3 Å². The predicted molar refractivity (Wildman–Crippen MR) is 151 cm³/mol. The number of nitrogens with zero attached hydrogens (tertiary/aromatic N) is 3. The van der Waals surface area contributed by atoms with Crippen molar-refractivity contribution in [2.24, 2.45) is 0 Å². The largest absolute Gasteiger partial charge is 0.491 e. The molecule has 0 spiro atoms. The number of halogens is 1. The van der Waals surface area contributed by atoms with Crippen molar-refractivity contribution in [3.8, 4) is 17.0 Å². The summed E-state index contributed by atoms with van der Waals surface area (Å²) >= 11 is 0. The predicted octanol–water partition coefficient (Wildman–Crippen LogP) is 5.68. The molecule has 4 rings (SSSR count). The minimum absolute atomic E-state index is 0.0195. The zero-order valence-corrected chi connectivity index (χ0v) is 23.5. The molecule has 0 unspecified atom stereocenters. The molecule has 1 amide bonds. The molecular weight excluding hydrogens is 511 g/mol. The molecule has 2 aromatic heterocycles. The van der Waals surface area contributed by atoms with Gasteiger partial charge in [0.15, 0.2) is 5.65 Å². The fourth-order valence-electron chi connectivity index (χ4n) is 4.67. The number of rotatable bonds is 11. The van der Waals surface area contributed by atoms with Gasteiger partial charge in [0.05, 0.1) is 30.9 Å². The third-order valence-corrected chi connectivity index (χ3v) is 6.55. The highest BCUT2D eigenvalue weighted by atomic mass is 19.1. The molecule has 0 saturated carbocycles. The number of fused-ring (bicyclic) bond motifs is 1. The van der Waals surface area contributed by atoms with Crippen molar-refractivity contribution in [1.29, 1.82) is 0 Å². The van der Waals surface area contributed by atoms with Crippen LogP contribution in [0.4, 0.5) is 4.39 Å². The zero-order valence-electron chi connectivity index (χ0n) is 23.5. The van der Waals surface area contributed by atoms with E-state index in [0.29, 0.717) is 29.1 Å². The van der Waals surface area contributed by atoms with E-state index in [2.05, 4.69) is 15.4 Å². The Kier molecular flexibility index (Phi) is 9.14. The molecule has 210 valence electrons. The van der Waals surface area contributed by atoms with E-state index in [1.165, 1.54) is 12.1 Å². The van der Waals surface area contributed by atoms with Crippen LogP contribution < -0.4 is 10.1 Å². The highest BCUT2D eigenvalue weighted by Crippen LogP contribution is 2.25. The molecule has 0 aliphatic heterocycles. The van der Waals surface area contributed by atoms with Gasteiger partial charge in [-0.05, 0) is 76.4 Å². The number of nitrogens with one attached hydrogen (secondary N) is 1. The first-order chi connectivity index (χ1) is 19.1. The number of hydrogen-bond acceptors (Lipinski definition) is 6. The van der Waals surface area contributed by atoms with E-state index >= 15 is 0 Å². The average molecular weight is 547 g/mol. The summed E-state index contributed by atoms with van der Waals surface area (Å²) in [6.07, 6.45) is 0.692. The van der Waals surface area contributed by atoms with Crippen molar-refractivity contribution in [2.75, 3.05) is 6.61 Å². The zero-order chi connectivity index (χ0) is 28.8. The van der Waals surface area contributed by atoms with Gasteiger partial charge < -0.3 is 14.8 Å². The Labute approximate surface area is 233 Å². The molecule has 0 aliphatic rings. The number of carbonyl (C=O) groups is 2. The normalized spacial score (nSPS) is 12.0. The van der Waals surface area contributed by atoms with Gasteiger partial charge in [-0.3, -0.25) is 9.59 Å². The standard InChI is InChI=1S/C31H35FN4O4/c1-6-39-31(38)18-27(22-10-12-25(13-11-22)40-19(2)3)34-30(37)15-14-26-20(4)33-29-17-28(35-36(29)21(26)5)23-8-7-9-24(32)16-23/h7-13,16-17,19,27H,6,14-15,18H2,1-5H3,(H,34,37)/t27-/m0/s1. The molecule has 4 aromatic rings. The molecule has 0 saturated heterocycles. The summed E-state index contributed by atoms with van der Waals surface area (Å²) in [4.78, 5) is 30.1. The maximum absolute atomic E-state index is 13.7. The summed E-state index contributed by atoms with van der Waals surface area (Å²) in [6, 6.07) is 14.9. The second-order valence-electron chi connectivity index (χ2n) is 9.94. The summed E-state index contributed by atoms with van der Waals surface area (Å²) in [6.45, 7) is 9.75. The van der Waals surface area contributed by atoms with Crippen LogP contribution in [0.1, 0.15) is 62.2 Å². The van der Waals surface area contributed by atoms with Crippen LogP contribution in [0.15, 0.2) is 54.6 Å². The number of ether oxygens (including phenoxy) is 2. The minimum Gasteiger partial charge on any atom is -0.491 e. The van der Waals surface area contributed by atoms with E-state index in [-0.39, 0.29) is 43.2 Å². The SMILES string of the molecule is CCOC(=O)C[C@H](NC(=O)CCc1c(C)nc2cc(-c3cccc(F)c3)nn2c1C)c1ccc(OC(C)C)cc1. The lowest BCUT2D eigenvalue weighted by molar-refractivity contribution is -0.143. The quantitative estimate of drug-likeness (QED) is 0.243. The van der Waals surface area contributed by atoms with Gasteiger partial charge in [-0.25, -0.2) is 13.9 Å². The molecule has 1 atom stereocenters. The summed E-state index contributed by atoms with van der Waals surface area (Å²) in [5.74, 6) is -0.197. The molecule has 0 radical (unpaired) electrons. The van der Waals surface area contributed by atoms with Gasteiger partial charge >= 0.3 is 5.97 Å². The smallest absolute Gasteiger partial charge is 0.308 e. The molecule has 0 bridgehead atoms. The summed E-state index contributed by atoms with van der Waals surface area (Å²) < 4.78 is 26.3. The Balaban J connectivity index is 1.49. The van der Waals surface area contributed by atoms with Gasteiger partial charge in [0.1, 0.15) is 11.6 Å². The number of hydrogen-bond donors (Lipinski definition) is 1. The lowest BCUT2D eigenvalue weighted by Gasteiger charge is -2.20. The van der Waals surface area contributed by atoms with Crippen LogP contribution in [0, 0.1) is 19.7 Å². The molecule has 40 heavy (non-hydrogen) atoms. The third-order valence-electron chi connectivity index (χ3n) is 6.55. The van der Waals surface area contributed by atoms with E-state index in [0.717, 1.165) is 22.5 Å². The second-order valence-corrected chi connectivity index (χ2v) is 9.94. The topological polar surface area (TPSA) is 94.8 Å². The number of carbonyl (C=O) groups excluding carboxylic acids is 2. The fourth-order valence-corrected chi connectivity index (χ4v) is 4.67. The monoisotopic (exact) mass is 546 g/mol. The van der Waals surface area contributed by atoms with E-state index in [1.54, 1.807) is 23.6 Å². The molecular formula is C31H35FN4O4. The maximum atomic E-state index is 13.7. The van der Waals surface area contributed by atoms with Crippen LogP contribution in [0.2, 0.25) is 0 Å². The molecule has 8 nitrogen and oxygen atoms in total. The van der Waals surface area contributed by atoms with Crippen molar-refractivity contribution >= 4 is 17.5 Å². The van der Waals surface area contributed by atoms with Crippen molar-refractivity contribution < 1.29 is 23.5 Å². The van der Waals surface area contributed by atoms with Crippen LogP contribution in [-0.2, 0) is 20.7 Å². The number of aryl methyl sites for hydroxylation is 2. The second kappa shape index (κ2) is 12.7. The van der Waals surface area contributed by atoms with E-state index in [1.807, 2.05) is 58.0 Å².